The minimum Gasteiger partial charge on any atom is -0.475 e. The number of aromatic nitrogens is 1. The molecule has 106 valence electrons. The summed E-state index contributed by atoms with van der Waals surface area (Å²) >= 11 is 0. The van der Waals surface area contributed by atoms with Crippen molar-refractivity contribution in [3.63, 3.8) is 0 Å². The van der Waals surface area contributed by atoms with Gasteiger partial charge in [0.05, 0.1) is 5.56 Å². The maximum atomic E-state index is 13.4. The van der Waals surface area contributed by atoms with Crippen LogP contribution < -0.4 is 0 Å². The number of benzene rings is 1. The summed E-state index contributed by atoms with van der Waals surface area (Å²) in [5.74, 6) is -7.29. The van der Waals surface area contributed by atoms with E-state index in [1.165, 1.54) is 0 Å². The van der Waals surface area contributed by atoms with Crippen LogP contribution in [-0.2, 0) is 6.18 Å². The first-order valence-electron chi connectivity index (χ1n) is 4.97. The third-order valence-corrected chi connectivity index (χ3v) is 2.27. The Labute approximate surface area is 107 Å². The summed E-state index contributed by atoms with van der Waals surface area (Å²) in [6.45, 7) is 0. The Hall–Kier alpha value is -2.45. The number of halogens is 5. The summed E-state index contributed by atoms with van der Waals surface area (Å²) in [6.07, 6.45) is -5.10. The molecule has 0 saturated carbocycles. The molecule has 0 radical (unpaired) electrons. The Morgan fingerprint density at radius 3 is 2.40 bits per heavy atom. The lowest BCUT2D eigenvalue weighted by Gasteiger charge is -2.01. The molecule has 1 heterocycles. The van der Waals surface area contributed by atoms with Crippen LogP contribution in [0.5, 0.6) is 0 Å². The maximum Gasteiger partial charge on any atom is 0.437 e. The van der Waals surface area contributed by atoms with Gasteiger partial charge < -0.3 is 9.52 Å². The lowest BCUT2D eigenvalue weighted by atomic mass is 10.2. The minimum absolute atomic E-state index is 0.706. The Morgan fingerprint density at radius 2 is 1.90 bits per heavy atom. The zero-order valence-electron chi connectivity index (χ0n) is 9.33. The molecular formula is C11H4F5NO3. The van der Waals surface area contributed by atoms with Crippen LogP contribution in [-0.4, -0.2) is 16.1 Å². The molecule has 0 fully saturated rings. The normalized spacial score (nSPS) is 11.7. The molecule has 0 aliphatic heterocycles. The lowest BCUT2D eigenvalue weighted by molar-refractivity contribution is -0.141. The number of carboxylic acid groups (broad SMARTS) is 1. The van der Waals surface area contributed by atoms with E-state index in [-0.39, 0.29) is 0 Å². The number of aromatic carboxylic acids is 1. The fraction of sp³-hybridized carbons (Fsp3) is 0.0909. The van der Waals surface area contributed by atoms with Crippen LogP contribution in [0, 0.1) is 11.6 Å². The van der Waals surface area contributed by atoms with Gasteiger partial charge >= 0.3 is 12.1 Å². The van der Waals surface area contributed by atoms with E-state index < -0.39 is 46.7 Å². The maximum absolute atomic E-state index is 13.4. The lowest BCUT2D eigenvalue weighted by Crippen LogP contribution is -2.11. The molecule has 0 unspecified atom stereocenters. The number of carboxylic acids is 1. The van der Waals surface area contributed by atoms with Crippen LogP contribution >= 0.6 is 0 Å². The van der Waals surface area contributed by atoms with Gasteiger partial charge in [-0.15, -0.1) is 0 Å². The van der Waals surface area contributed by atoms with Crippen LogP contribution in [0.2, 0.25) is 0 Å². The average Bonchev–Trinajstić information content (AvgIpc) is 2.77. The highest BCUT2D eigenvalue weighted by Crippen LogP contribution is 2.35. The SMILES string of the molecule is O=C(O)c1oc(-c2cccc(F)c2F)nc1C(F)(F)F. The molecule has 9 heteroatoms. The van der Waals surface area contributed by atoms with Crippen molar-refractivity contribution >= 4 is 5.97 Å². The molecule has 2 rings (SSSR count). The largest absolute Gasteiger partial charge is 0.475 e. The van der Waals surface area contributed by atoms with Crippen molar-refractivity contribution in [2.24, 2.45) is 0 Å². The van der Waals surface area contributed by atoms with Gasteiger partial charge in [0, 0.05) is 0 Å². The van der Waals surface area contributed by atoms with E-state index in [2.05, 4.69) is 9.40 Å². The summed E-state index contributed by atoms with van der Waals surface area (Å²) in [4.78, 5) is 13.6. The number of alkyl halides is 3. The quantitative estimate of drug-likeness (QED) is 0.863. The zero-order valence-corrected chi connectivity index (χ0v) is 9.33. The second kappa shape index (κ2) is 4.58. The van der Waals surface area contributed by atoms with Gasteiger partial charge in [-0.05, 0) is 12.1 Å². The topological polar surface area (TPSA) is 63.3 Å². The van der Waals surface area contributed by atoms with Gasteiger partial charge in [-0.25, -0.2) is 18.6 Å². The number of rotatable bonds is 2. The smallest absolute Gasteiger partial charge is 0.437 e. The van der Waals surface area contributed by atoms with Crippen molar-refractivity contribution in [1.82, 2.24) is 4.98 Å². The van der Waals surface area contributed by atoms with E-state index in [9.17, 15) is 26.7 Å². The van der Waals surface area contributed by atoms with E-state index in [4.69, 9.17) is 5.11 Å². The van der Waals surface area contributed by atoms with Crippen LogP contribution in [0.25, 0.3) is 11.5 Å². The predicted octanol–water partition coefficient (Wildman–Crippen LogP) is 3.34. The monoisotopic (exact) mass is 293 g/mol. The molecule has 0 spiro atoms. The second-order valence-corrected chi connectivity index (χ2v) is 3.60. The molecule has 0 amide bonds. The molecule has 1 N–H and O–H groups in total. The summed E-state index contributed by atoms with van der Waals surface area (Å²) in [7, 11) is 0. The fourth-order valence-electron chi connectivity index (χ4n) is 1.44. The molecule has 0 atom stereocenters. The summed E-state index contributed by atoms with van der Waals surface area (Å²) < 4.78 is 68.5. The van der Waals surface area contributed by atoms with Crippen molar-refractivity contribution in [2.45, 2.75) is 6.18 Å². The Morgan fingerprint density at radius 1 is 1.25 bits per heavy atom. The molecule has 2 aromatic rings. The van der Waals surface area contributed by atoms with E-state index in [0.29, 0.717) is 0 Å². The number of oxazole rings is 1. The Balaban J connectivity index is 2.65. The van der Waals surface area contributed by atoms with Gasteiger partial charge in [0.1, 0.15) is 0 Å². The van der Waals surface area contributed by atoms with Gasteiger partial charge in [0.25, 0.3) is 0 Å². The van der Waals surface area contributed by atoms with Crippen LogP contribution in [0.4, 0.5) is 22.0 Å². The number of hydrogen-bond donors (Lipinski definition) is 1. The summed E-state index contributed by atoms with van der Waals surface area (Å²) in [5, 5.41) is 8.61. The highest BCUT2D eigenvalue weighted by atomic mass is 19.4. The predicted molar refractivity (Wildman–Crippen MR) is 53.8 cm³/mol. The van der Waals surface area contributed by atoms with Crippen LogP contribution in [0.15, 0.2) is 22.6 Å². The number of hydrogen-bond acceptors (Lipinski definition) is 3. The molecular weight excluding hydrogens is 289 g/mol. The first-order chi connectivity index (χ1) is 9.21. The van der Waals surface area contributed by atoms with Gasteiger partial charge in [0.15, 0.2) is 17.3 Å². The summed E-state index contributed by atoms with van der Waals surface area (Å²) in [5.41, 5.74) is -2.52. The Bertz CT molecular complexity index is 677. The molecule has 0 bridgehead atoms. The highest BCUT2D eigenvalue weighted by Gasteiger charge is 2.41. The molecule has 20 heavy (non-hydrogen) atoms. The number of nitrogens with zero attached hydrogens (tertiary/aromatic N) is 1. The van der Waals surface area contributed by atoms with Gasteiger partial charge in [-0.1, -0.05) is 6.07 Å². The number of carbonyl (C=O) groups is 1. The van der Waals surface area contributed by atoms with Crippen molar-refractivity contribution in [2.75, 3.05) is 0 Å². The molecule has 0 aliphatic carbocycles. The molecule has 1 aromatic carbocycles. The molecule has 0 saturated heterocycles. The second-order valence-electron chi connectivity index (χ2n) is 3.60. The van der Waals surface area contributed by atoms with E-state index in [1.807, 2.05) is 0 Å². The first-order valence-corrected chi connectivity index (χ1v) is 4.97. The first kappa shape index (κ1) is 14.0. The average molecular weight is 293 g/mol. The highest BCUT2D eigenvalue weighted by molar-refractivity contribution is 5.86. The zero-order chi connectivity index (χ0) is 15.1. The van der Waals surface area contributed by atoms with E-state index in [1.54, 1.807) is 0 Å². The summed E-state index contributed by atoms with van der Waals surface area (Å²) in [6, 6.07) is 2.67. The van der Waals surface area contributed by atoms with Crippen LogP contribution in [0.1, 0.15) is 16.2 Å². The third kappa shape index (κ3) is 2.33. The van der Waals surface area contributed by atoms with E-state index in [0.717, 1.165) is 18.2 Å². The van der Waals surface area contributed by atoms with Gasteiger partial charge in [-0.3, -0.25) is 0 Å². The Kier molecular flexibility index (Phi) is 3.20. The molecule has 0 aliphatic rings. The van der Waals surface area contributed by atoms with E-state index >= 15 is 0 Å². The third-order valence-electron chi connectivity index (χ3n) is 2.27. The van der Waals surface area contributed by atoms with Crippen molar-refractivity contribution < 1.29 is 36.3 Å². The molecule has 1 aromatic heterocycles. The van der Waals surface area contributed by atoms with Crippen molar-refractivity contribution in [1.29, 1.82) is 0 Å². The standard InChI is InChI=1S/C11H4F5NO3/c12-5-3-1-2-4(6(5)13)9-17-8(11(14,15)16)7(20-9)10(18)19/h1-3H,(H,18,19). The van der Waals surface area contributed by atoms with Crippen LogP contribution in [0.3, 0.4) is 0 Å². The van der Waals surface area contributed by atoms with Crippen molar-refractivity contribution in [3.8, 4) is 11.5 Å². The van der Waals surface area contributed by atoms with Gasteiger partial charge in [-0.2, -0.15) is 13.2 Å². The minimum atomic E-state index is -5.10. The fourth-order valence-corrected chi connectivity index (χ4v) is 1.44. The van der Waals surface area contributed by atoms with Gasteiger partial charge in [0.2, 0.25) is 11.7 Å². The van der Waals surface area contributed by atoms with Crippen molar-refractivity contribution in [3.05, 3.63) is 41.3 Å². The molecule has 4 nitrogen and oxygen atoms in total.